The van der Waals surface area contributed by atoms with Gasteiger partial charge < -0.3 is 0 Å². The van der Waals surface area contributed by atoms with E-state index in [4.69, 9.17) is 0 Å². The van der Waals surface area contributed by atoms with Gasteiger partial charge in [-0.15, -0.1) is 0 Å². The zero-order chi connectivity index (χ0) is 14.1. The van der Waals surface area contributed by atoms with E-state index in [-0.39, 0.29) is 0 Å². The van der Waals surface area contributed by atoms with Gasteiger partial charge >= 0.3 is 24.1 Å². The lowest BCUT2D eigenvalue weighted by molar-refractivity contribution is -0.436. The molecule has 0 heterocycles. The number of halogens is 10. The highest BCUT2D eigenvalue weighted by atomic mass is 19.4. The SMILES string of the molecule is FCC(F)(OC(F)(CF)C(F)(F)F)C(F)(F)F. The molecule has 0 saturated heterocycles. The minimum Gasteiger partial charge on any atom is -0.290 e. The molecule has 0 N–H and O–H groups in total. The zero-order valence-corrected chi connectivity index (χ0v) is 7.60. The monoisotopic (exact) mass is 282 g/mol. The van der Waals surface area contributed by atoms with Crippen LogP contribution in [0.4, 0.5) is 43.9 Å². The highest BCUT2D eigenvalue weighted by molar-refractivity contribution is 4.85. The fourth-order valence-corrected chi connectivity index (χ4v) is 0.578. The Morgan fingerprint density at radius 3 is 0.941 bits per heavy atom. The third-order valence-corrected chi connectivity index (χ3v) is 1.51. The minimum absolute atomic E-state index is 2.32. The number of alkyl halides is 10. The molecule has 0 aromatic rings. The molecule has 0 fully saturated rings. The fourth-order valence-electron chi connectivity index (χ4n) is 0.578. The van der Waals surface area contributed by atoms with Crippen LogP contribution in [0.5, 0.6) is 0 Å². The normalized spacial score (nSPS) is 20.8. The highest BCUT2D eigenvalue weighted by Gasteiger charge is 2.68. The van der Waals surface area contributed by atoms with E-state index in [0.29, 0.717) is 0 Å². The van der Waals surface area contributed by atoms with Crippen LogP contribution < -0.4 is 0 Å². The lowest BCUT2D eigenvalue weighted by Gasteiger charge is -2.33. The standard InChI is InChI=1S/C6H4F10O/c7-1-3(9,5(11,12)13)17-4(10,2-8)6(14,15)16/h1-2H2. The Balaban J connectivity index is 5.27. The van der Waals surface area contributed by atoms with E-state index >= 15 is 0 Å². The molecule has 0 aromatic heterocycles. The van der Waals surface area contributed by atoms with Crippen LogP contribution in [0.15, 0.2) is 0 Å². The average molecular weight is 282 g/mol. The Bertz CT molecular complexity index is 233. The van der Waals surface area contributed by atoms with E-state index < -0.39 is 37.4 Å². The molecule has 0 amide bonds. The number of ether oxygens (including phenoxy) is 1. The first-order valence-corrected chi connectivity index (χ1v) is 3.66. The maximum absolute atomic E-state index is 12.6. The van der Waals surface area contributed by atoms with Crippen LogP contribution in [0.3, 0.4) is 0 Å². The van der Waals surface area contributed by atoms with E-state index in [1.54, 1.807) is 0 Å². The van der Waals surface area contributed by atoms with Crippen LogP contribution in [-0.4, -0.2) is 37.4 Å². The summed E-state index contributed by atoms with van der Waals surface area (Å²) >= 11 is 0. The molecule has 0 rings (SSSR count). The Morgan fingerprint density at radius 2 is 0.824 bits per heavy atom. The van der Waals surface area contributed by atoms with Gasteiger partial charge in [0, 0.05) is 0 Å². The molecule has 0 aromatic carbocycles. The van der Waals surface area contributed by atoms with Gasteiger partial charge in [0.25, 0.3) is 0 Å². The summed E-state index contributed by atoms with van der Waals surface area (Å²) in [5.74, 6) is -11.2. The quantitative estimate of drug-likeness (QED) is 0.718. The Hall–Kier alpha value is -0.740. The lowest BCUT2D eigenvalue weighted by Crippen LogP contribution is -2.57. The Kier molecular flexibility index (Phi) is 4.30. The van der Waals surface area contributed by atoms with E-state index in [9.17, 15) is 43.9 Å². The van der Waals surface area contributed by atoms with Crippen LogP contribution in [0.25, 0.3) is 0 Å². The van der Waals surface area contributed by atoms with Crippen molar-refractivity contribution < 1.29 is 48.6 Å². The van der Waals surface area contributed by atoms with Crippen LogP contribution in [0, 0.1) is 0 Å². The van der Waals surface area contributed by atoms with Crippen molar-refractivity contribution in [3.63, 3.8) is 0 Å². The second-order valence-electron chi connectivity index (χ2n) is 2.82. The van der Waals surface area contributed by atoms with Crippen molar-refractivity contribution in [2.75, 3.05) is 13.3 Å². The molecule has 0 saturated carbocycles. The van der Waals surface area contributed by atoms with Gasteiger partial charge in [-0.3, -0.25) is 4.74 Å². The van der Waals surface area contributed by atoms with Crippen molar-refractivity contribution in [2.45, 2.75) is 24.1 Å². The molecule has 0 spiro atoms. The van der Waals surface area contributed by atoms with E-state index in [2.05, 4.69) is 4.74 Å². The molecular formula is C6H4F10O. The van der Waals surface area contributed by atoms with Crippen molar-refractivity contribution in [3.8, 4) is 0 Å². The van der Waals surface area contributed by atoms with Gasteiger partial charge in [-0.25, -0.2) is 8.78 Å². The summed E-state index contributed by atoms with van der Waals surface area (Å²) < 4.78 is 122. The molecular weight excluding hydrogens is 278 g/mol. The summed E-state index contributed by atoms with van der Waals surface area (Å²) in [5.41, 5.74) is 0. The summed E-state index contributed by atoms with van der Waals surface area (Å²) in [6, 6.07) is 0. The summed E-state index contributed by atoms with van der Waals surface area (Å²) in [5, 5.41) is 0. The Morgan fingerprint density at radius 1 is 0.588 bits per heavy atom. The first kappa shape index (κ1) is 16.3. The number of rotatable bonds is 4. The number of hydrogen-bond donors (Lipinski definition) is 0. The first-order valence-electron chi connectivity index (χ1n) is 3.66. The van der Waals surface area contributed by atoms with Crippen LogP contribution in [0.2, 0.25) is 0 Å². The maximum atomic E-state index is 12.6. The van der Waals surface area contributed by atoms with Crippen molar-refractivity contribution in [1.82, 2.24) is 0 Å². The van der Waals surface area contributed by atoms with Crippen molar-refractivity contribution in [3.05, 3.63) is 0 Å². The summed E-state index contributed by atoms with van der Waals surface area (Å²) in [7, 11) is 0. The zero-order valence-electron chi connectivity index (χ0n) is 7.60. The average Bonchev–Trinajstić information content (AvgIpc) is 2.13. The molecule has 0 aliphatic heterocycles. The second-order valence-corrected chi connectivity index (χ2v) is 2.82. The molecule has 0 aliphatic rings. The molecule has 0 bridgehead atoms. The fraction of sp³-hybridized carbons (Fsp3) is 1.00. The molecule has 0 radical (unpaired) electrons. The van der Waals surface area contributed by atoms with Crippen LogP contribution in [-0.2, 0) is 4.74 Å². The van der Waals surface area contributed by atoms with Gasteiger partial charge in [0.1, 0.15) is 0 Å². The molecule has 1 nitrogen and oxygen atoms in total. The molecule has 17 heavy (non-hydrogen) atoms. The molecule has 2 atom stereocenters. The van der Waals surface area contributed by atoms with E-state index in [1.165, 1.54) is 0 Å². The third-order valence-electron chi connectivity index (χ3n) is 1.51. The van der Waals surface area contributed by atoms with Crippen LogP contribution in [0.1, 0.15) is 0 Å². The number of hydrogen-bond acceptors (Lipinski definition) is 1. The van der Waals surface area contributed by atoms with Crippen molar-refractivity contribution in [2.24, 2.45) is 0 Å². The molecule has 104 valence electrons. The van der Waals surface area contributed by atoms with Gasteiger partial charge in [0.2, 0.25) is 0 Å². The highest BCUT2D eigenvalue weighted by Crippen LogP contribution is 2.44. The predicted molar refractivity (Wildman–Crippen MR) is 32.8 cm³/mol. The van der Waals surface area contributed by atoms with E-state index in [1.807, 2.05) is 0 Å². The summed E-state index contributed by atoms with van der Waals surface area (Å²) in [4.78, 5) is 0. The molecule has 11 heteroatoms. The first-order chi connectivity index (χ1) is 7.33. The molecule has 2 unspecified atom stereocenters. The van der Waals surface area contributed by atoms with Gasteiger partial charge in [-0.1, -0.05) is 0 Å². The second kappa shape index (κ2) is 4.50. The van der Waals surface area contributed by atoms with Crippen molar-refractivity contribution >= 4 is 0 Å². The minimum atomic E-state index is -6.29. The van der Waals surface area contributed by atoms with Gasteiger partial charge in [-0.2, -0.15) is 35.1 Å². The van der Waals surface area contributed by atoms with Crippen molar-refractivity contribution in [1.29, 1.82) is 0 Å². The van der Waals surface area contributed by atoms with Crippen LogP contribution >= 0.6 is 0 Å². The lowest BCUT2D eigenvalue weighted by atomic mass is 10.2. The topological polar surface area (TPSA) is 9.23 Å². The van der Waals surface area contributed by atoms with Gasteiger partial charge in [0.15, 0.2) is 13.3 Å². The maximum Gasteiger partial charge on any atom is 0.451 e. The summed E-state index contributed by atoms with van der Waals surface area (Å²) in [6.45, 7) is -6.31. The Labute approximate surface area is 87.3 Å². The van der Waals surface area contributed by atoms with Gasteiger partial charge in [0.05, 0.1) is 0 Å². The largest absolute Gasteiger partial charge is 0.451 e. The van der Waals surface area contributed by atoms with Gasteiger partial charge in [-0.05, 0) is 0 Å². The smallest absolute Gasteiger partial charge is 0.290 e. The van der Waals surface area contributed by atoms with E-state index in [0.717, 1.165) is 0 Å². The summed E-state index contributed by atoms with van der Waals surface area (Å²) in [6.07, 6.45) is -12.6. The molecule has 0 aliphatic carbocycles. The third kappa shape index (κ3) is 3.13. The predicted octanol–water partition coefficient (Wildman–Crippen LogP) is 3.40.